The second-order valence-electron chi connectivity index (χ2n) is 10.7. The number of aromatic carboxylic acids is 1. The number of imidazole rings is 1. The molecule has 202 valence electrons. The van der Waals surface area contributed by atoms with Crippen molar-refractivity contribution in [2.24, 2.45) is 0 Å². The topological polar surface area (TPSA) is 109 Å². The lowest BCUT2D eigenvalue weighted by molar-refractivity contribution is 0.0696. The molecule has 0 radical (unpaired) electrons. The van der Waals surface area contributed by atoms with E-state index in [0.717, 1.165) is 23.4 Å². The molecule has 2 aliphatic rings. The molecule has 3 heterocycles. The minimum atomic E-state index is -0.994. The van der Waals surface area contributed by atoms with Gasteiger partial charge >= 0.3 is 5.97 Å². The third-order valence-electron chi connectivity index (χ3n) is 8.29. The number of nitrogens with one attached hydrogen (secondary N) is 2. The van der Waals surface area contributed by atoms with Crippen LogP contribution < -0.4 is 10.1 Å². The Balaban J connectivity index is 1.23. The molecule has 2 aromatic heterocycles. The molecule has 1 aliphatic carbocycles. The summed E-state index contributed by atoms with van der Waals surface area (Å²) in [5.41, 5.74) is 6.87. The Morgan fingerprint density at radius 2 is 1.85 bits per heavy atom. The van der Waals surface area contributed by atoms with Crippen molar-refractivity contribution >= 4 is 33.8 Å². The maximum absolute atomic E-state index is 13.3. The van der Waals surface area contributed by atoms with Crippen molar-refractivity contribution in [3.05, 3.63) is 83.2 Å². The average molecular weight is 535 g/mol. The summed E-state index contributed by atoms with van der Waals surface area (Å²) in [7, 11) is 0. The molecule has 1 aliphatic heterocycles. The van der Waals surface area contributed by atoms with Gasteiger partial charge in [0.25, 0.3) is 5.91 Å². The summed E-state index contributed by atoms with van der Waals surface area (Å²) in [6, 6.07) is 19.1. The van der Waals surface area contributed by atoms with E-state index in [9.17, 15) is 14.7 Å². The second kappa shape index (κ2) is 9.86. The number of para-hydroxylation sites is 1. The number of ether oxygens (including phenoxy) is 1. The van der Waals surface area contributed by atoms with Crippen molar-refractivity contribution in [3.8, 4) is 17.0 Å². The number of carbonyl (C=O) groups excluding carboxylic acids is 1. The number of carboxylic acid groups (broad SMARTS) is 1. The Kier molecular flexibility index (Phi) is 6.03. The highest BCUT2D eigenvalue weighted by Crippen LogP contribution is 2.47. The summed E-state index contributed by atoms with van der Waals surface area (Å²) < 4.78 is 8.50. The lowest BCUT2D eigenvalue weighted by Crippen LogP contribution is -2.23. The third kappa shape index (κ3) is 4.20. The molecule has 1 amide bonds. The predicted molar refractivity (Wildman–Crippen MR) is 153 cm³/mol. The van der Waals surface area contributed by atoms with Crippen LogP contribution in [0.5, 0.6) is 5.75 Å². The van der Waals surface area contributed by atoms with Crippen LogP contribution in [0.2, 0.25) is 0 Å². The van der Waals surface area contributed by atoms with Crippen LogP contribution in [0.25, 0.3) is 33.2 Å². The molecule has 1 fully saturated rings. The van der Waals surface area contributed by atoms with Crippen LogP contribution in [-0.4, -0.2) is 38.1 Å². The van der Waals surface area contributed by atoms with Gasteiger partial charge in [-0.25, -0.2) is 9.78 Å². The lowest BCUT2D eigenvalue weighted by atomic mass is 9.81. The predicted octanol–water partition coefficient (Wildman–Crippen LogP) is 6.25. The summed E-state index contributed by atoms with van der Waals surface area (Å²) in [5.74, 6) is 0.797. The van der Waals surface area contributed by atoms with Gasteiger partial charge < -0.3 is 24.7 Å². The van der Waals surface area contributed by atoms with E-state index in [1.165, 1.54) is 54.8 Å². The van der Waals surface area contributed by atoms with E-state index < -0.39 is 5.97 Å². The smallest absolute Gasteiger partial charge is 0.335 e. The SMILES string of the molecule is O=C(O)c1ccc2nc(CNC(=O)c3ccc4c(C5CCCCC5)c5n(c4c3)CCOc3ccccc3-5)[nH]c2c1. The van der Waals surface area contributed by atoms with Crippen LogP contribution in [0, 0.1) is 0 Å². The molecule has 3 aromatic carbocycles. The van der Waals surface area contributed by atoms with E-state index in [1.807, 2.05) is 24.3 Å². The molecule has 0 spiro atoms. The van der Waals surface area contributed by atoms with Gasteiger partial charge in [-0.15, -0.1) is 0 Å². The van der Waals surface area contributed by atoms with Gasteiger partial charge in [0, 0.05) is 22.0 Å². The number of carbonyl (C=O) groups is 2. The summed E-state index contributed by atoms with van der Waals surface area (Å²) in [6.07, 6.45) is 6.15. The van der Waals surface area contributed by atoms with E-state index in [4.69, 9.17) is 4.74 Å². The monoisotopic (exact) mass is 534 g/mol. The minimum Gasteiger partial charge on any atom is -0.491 e. The minimum absolute atomic E-state index is 0.186. The number of benzene rings is 3. The molecule has 0 unspecified atom stereocenters. The Morgan fingerprint density at radius 1 is 1.02 bits per heavy atom. The third-order valence-corrected chi connectivity index (χ3v) is 8.29. The first-order valence-corrected chi connectivity index (χ1v) is 14.0. The Labute approximate surface area is 231 Å². The van der Waals surface area contributed by atoms with Gasteiger partial charge in [-0.3, -0.25) is 4.79 Å². The second-order valence-corrected chi connectivity index (χ2v) is 10.7. The fourth-order valence-electron chi connectivity index (χ4n) is 6.42. The van der Waals surface area contributed by atoms with Gasteiger partial charge in [0.15, 0.2) is 0 Å². The molecule has 7 rings (SSSR count). The van der Waals surface area contributed by atoms with Gasteiger partial charge in [-0.1, -0.05) is 37.5 Å². The molecule has 1 saturated carbocycles. The van der Waals surface area contributed by atoms with Gasteiger partial charge in [0.05, 0.1) is 35.4 Å². The number of fused-ring (bicyclic) bond motifs is 6. The normalized spacial score (nSPS) is 15.3. The van der Waals surface area contributed by atoms with Gasteiger partial charge in [0.2, 0.25) is 0 Å². The average Bonchev–Trinajstić information content (AvgIpc) is 3.48. The number of aromatic amines is 1. The highest BCUT2D eigenvalue weighted by molar-refractivity contribution is 6.01. The molecule has 8 heteroatoms. The van der Waals surface area contributed by atoms with Gasteiger partial charge in [-0.2, -0.15) is 0 Å². The van der Waals surface area contributed by atoms with Gasteiger partial charge in [0.1, 0.15) is 18.2 Å². The maximum atomic E-state index is 13.3. The quantitative estimate of drug-likeness (QED) is 0.247. The fourth-order valence-corrected chi connectivity index (χ4v) is 6.42. The van der Waals surface area contributed by atoms with Crippen molar-refractivity contribution in [1.82, 2.24) is 19.9 Å². The summed E-state index contributed by atoms with van der Waals surface area (Å²) in [4.78, 5) is 32.2. The standard InChI is InChI=1S/C32H30N4O4/c37-31(33-18-28-34-24-13-11-21(32(38)39)16-25(24)35-28)20-10-12-22-26(17-20)36-14-15-40-27-9-5-4-8-23(27)30(36)29(22)19-6-2-1-3-7-19/h4-5,8-13,16-17,19H,1-3,6-7,14-15,18H2,(H,33,37)(H,34,35)(H,38,39). The lowest BCUT2D eigenvalue weighted by Gasteiger charge is -2.23. The van der Waals surface area contributed by atoms with Crippen molar-refractivity contribution in [2.75, 3.05) is 6.61 Å². The highest BCUT2D eigenvalue weighted by Gasteiger charge is 2.29. The molecular formula is C32H30N4O4. The first-order chi connectivity index (χ1) is 19.6. The molecule has 8 nitrogen and oxygen atoms in total. The van der Waals surface area contributed by atoms with Crippen LogP contribution in [-0.2, 0) is 13.1 Å². The number of aromatic nitrogens is 3. The van der Waals surface area contributed by atoms with Crippen molar-refractivity contribution in [3.63, 3.8) is 0 Å². The molecule has 5 aromatic rings. The fraction of sp³-hybridized carbons (Fsp3) is 0.281. The van der Waals surface area contributed by atoms with Crippen molar-refractivity contribution < 1.29 is 19.4 Å². The van der Waals surface area contributed by atoms with Crippen LogP contribution in [0.1, 0.15) is 70.1 Å². The Bertz CT molecular complexity index is 1780. The zero-order valence-corrected chi connectivity index (χ0v) is 22.1. The number of H-pyrrole nitrogens is 1. The molecular weight excluding hydrogens is 504 g/mol. The van der Waals surface area contributed by atoms with E-state index in [-0.39, 0.29) is 18.0 Å². The zero-order valence-electron chi connectivity index (χ0n) is 22.1. The number of rotatable bonds is 5. The van der Waals surface area contributed by atoms with E-state index in [1.54, 1.807) is 12.1 Å². The maximum Gasteiger partial charge on any atom is 0.335 e. The van der Waals surface area contributed by atoms with E-state index in [0.29, 0.717) is 34.9 Å². The number of nitrogens with zero attached hydrogens (tertiary/aromatic N) is 2. The number of amides is 1. The zero-order chi connectivity index (χ0) is 27.2. The van der Waals surface area contributed by atoms with E-state index in [2.05, 4.69) is 38.1 Å². The molecule has 40 heavy (non-hydrogen) atoms. The Hall–Kier alpha value is -4.59. The highest BCUT2D eigenvalue weighted by atomic mass is 16.5. The van der Waals surface area contributed by atoms with Crippen LogP contribution in [0.4, 0.5) is 0 Å². The summed E-state index contributed by atoms with van der Waals surface area (Å²) >= 11 is 0. The van der Waals surface area contributed by atoms with Crippen LogP contribution >= 0.6 is 0 Å². The summed E-state index contributed by atoms with van der Waals surface area (Å²) in [6.45, 7) is 1.49. The molecule has 0 bridgehead atoms. The summed E-state index contributed by atoms with van der Waals surface area (Å²) in [5, 5.41) is 13.4. The number of carboxylic acids is 1. The molecule has 3 N–H and O–H groups in total. The molecule has 0 atom stereocenters. The Morgan fingerprint density at radius 3 is 2.70 bits per heavy atom. The largest absolute Gasteiger partial charge is 0.491 e. The number of hydrogen-bond acceptors (Lipinski definition) is 4. The first kappa shape index (κ1) is 24.5. The van der Waals surface area contributed by atoms with Crippen molar-refractivity contribution in [2.45, 2.75) is 51.1 Å². The van der Waals surface area contributed by atoms with Crippen LogP contribution in [0.3, 0.4) is 0 Å². The molecule has 0 saturated heterocycles. The van der Waals surface area contributed by atoms with Crippen LogP contribution in [0.15, 0.2) is 60.7 Å². The van der Waals surface area contributed by atoms with E-state index >= 15 is 0 Å². The van der Waals surface area contributed by atoms with Crippen molar-refractivity contribution in [1.29, 1.82) is 0 Å². The first-order valence-electron chi connectivity index (χ1n) is 14.0. The number of hydrogen-bond donors (Lipinski definition) is 3. The van der Waals surface area contributed by atoms with Gasteiger partial charge in [-0.05, 0) is 66.8 Å².